The lowest BCUT2D eigenvalue weighted by molar-refractivity contribution is -0.121. The SMILES string of the molecule is O=C(Cc1ccccc1OC(F)F)NC1CCNCC1. The van der Waals surface area contributed by atoms with Gasteiger partial charge in [-0.1, -0.05) is 18.2 Å². The molecule has 6 heteroatoms. The second-order valence-electron chi connectivity index (χ2n) is 4.75. The van der Waals surface area contributed by atoms with Crippen LogP contribution in [0.5, 0.6) is 5.75 Å². The molecule has 0 atom stereocenters. The van der Waals surface area contributed by atoms with E-state index in [9.17, 15) is 13.6 Å². The number of carbonyl (C=O) groups is 1. The van der Waals surface area contributed by atoms with Crippen LogP contribution in [0.15, 0.2) is 24.3 Å². The molecule has 0 bridgehead atoms. The second kappa shape index (κ2) is 7.19. The highest BCUT2D eigenvalue weighted by Gasteiger charge is 2.17. The number of nitrogens with one attached hydrogen (secondary N) is 2. The summed E-state index contributed by atoms with van der Waals surface area (Å²) in [5.74, 6) is -0.106. The van der Waals surface area contributed by atoms with Gasteiger partial charge < -0.3 is 15.4 Å². The third kappa shape index (κ3) is 4.45. The number of piperidine rings is 1. The molecule has 1 saturated heterocycles. The van der Waals surface area contributed by atoms with Gasteiger partial charge in [0, 0.05) is 11.6 Å². The van der Waals surface area contributed by atoms with Crippen molar-refractivity contribution in [2.24, 2.45) is 0 Å². The molecule has 0 aromatic heterocycles. The first-order valence-corrected chi connectivity index (χ1v) is 6.68. The largest absolute Gasteiger partial charge is 0.435 e. The lowest BCUT2D eigenvalue weighted by atomic mass is 10.1. The summed E-state index contributed by atoms with van der Waals surface area (Å²) >= 11 is 0. The standard InChI is InChI=1S/C14H18F2N2O2/c15-14(16)20-12-4-2-1-3-10(12)9-13(19)18-11-5-7-17-8-6-11/h1-4,11,14,17H,5-9H2,(H,18,19). The van der Waals surface area contributed by atoms with Crippen molar-refractivity contribution in [3.05, 3.63) is 29.8 Å². The van der Waals surface area contributed by atoms with Crippen LogP contribution in [-0.4, -0.2) is 31.7 Å². The van der Waals surface area contributed by atoms with Crippen molar-refractivity contribution < 1.29 is 18.3 Å². The summed E-state index contributed by atoms with van der Waals surface area (Å²) in [7, 11) is 0. The van der Waals surface area contributed by atoms with E-state index in [1.165, 1.54) is 6.07 Å². The van der Waals surface area contributed by atoms with E-state index in [2.05, 4.69) is 15.4 Å². The monoisotopic (exact) mass is 284 g/mol. The Balaban J connectivity index is 1.93. The molecule has 0 aliphatic carbocycles. The van der Waals surface area contributed by atoms with Crippen molar-refractivity contribution in [3.8, 4) is 5.75 Å². The minimum Gasteiger partial charge on any atom is -0.435 e. The van der Waals surface area contributed by atoms with Gasteiger partial charge in [-0.05, 0) is 32.0 Å². The molecule has 110 valence electrons. The number of amides is 1. The van der Waals surface area contributed by atoms with Gasteiger partial charge in [-0.25, -0.2) is 0 Å². The van der Waals surface area contributed by atoms with Crippen LogP contribution in [-0.2, 0) is 11.2 Å². The molecule has 2 N–H and O–H groups in total. The quantitative estimate of drug-likeness (QED) is 0.865. The van der Waals surface area contributed by atoms with Gasteiger partial charge in [-0.15, -0.1) is 0 Å². The Kier molecular flexibility index (Phi) is 5.29. The van der Waals surface area contributed by atoms with Gasteiger partial charge in [-0.2, -0.15) is 8.78 Å². The van der Waals surface area contributed by atoms with E-state index in [4.69, 9.17) is 0 Å². The number of hydrogen-bond donors (Lipinski definition) is 2. The highest BCUT2D eigenvalue weighted by molar-refractivity contribution is 5.79. The fourth-order valence-electron chi connectivity index (χ4n) is 2.28. The molecule has 1 aromatic rings. The van der Waals surface area contributed by atoms with Gasteiger partial charge in [0.2, 0.25) is 5.91 Å². The molecule has 2 rings (SSSR count). The minimum atomic E-state index is -2.89. The van der Waals surface area contributed by atoms with Gasteiger partial charge in [0.25, 0.3) is 0 Å². The number of rotatable bonds is 5. The van der Waals surface area contributed by atoms with E-state index in [1.54, 1.807) is 18.2 Å². The Labute approximate surface area is 116 Å². The molecule has 1 aliphatic heterocycles. The lowest BCUT2D eigenvalue weighted by Gasteiger charge is -2.23. The number of alkyl halides is 2. The van der Waals surface area contributed by atoms with Crippen molar-refractivity contribution in [2.75, 3.05) is 13.1 Å². The summed E-state index contributed by atoms with van der Waals surface area (Å²) in [5, 5.41) is 6.14. The maximum atomic E-state index is 12.3. The van der Waals surface area contributed by atoms with Crippen molar-refractivity contribution in [1.29, 1.82) is 0 Å². The zero-order valence-electron chi connectivity index (χ0n) is 11.1. The van der Waals surface area contributed by atoms with Gasteiger partial charge in [0.05, 0.1) is 6.42 Å². The number of hydrogen-bond acceptors (Lipinski definition) is 3. The van der Waals surface area contributed by atoms with Gasteiger partial charge in [0.15, 0.2) is 0 Å². The molecule has 1 fully saturated rings. The summed E-state index contributed by atoms with van der Waals surface area (Å²) in [6, 6.07) is 6.53. The van der Waals surface area contributed by atoms with Crippen molar-refractivity contribution in [2.45, 2.75) is 31.9 Å². The third-order valence-corrected chi connectivity index (χ3v) is 3.24. The minimum absolute atomic E-state index is 0.0484. The van der Waals surface area contributed by atoms with Crippen LogP contribution >= 0.6 is 0 Å². The number of carbonyl (C=O) groups excluding carboxylic acids is 1. The average Bonchev–Trinajstić information content (AvgIpc) is 2.41. The van der Waals surface area contributed by atoms with E-state index >= 15 is 0 Å². The van der Waals surface area contributed by atoms with Crippen molar-refractivity contribution >= 4 is 5.91 Å². The summed E-state index contributed by atoms with van der Waals surface area (Å²) in [4.78, 5) is 11.9. The summed E-state index contributed by atoms with van der Waals surface area (Å²) in [6.45, 7) is -1.12. The van der Waals surface area contributed by atoms with Crippen LogP contribution in [0.25, 0.3) is 0 Å². The van der Waals surface area contributed by atoms with E-state index in [-0.39, 0.29) is 24.1 Å². The van der Waals surface area contributed by atoms with E-state index in [0.717, 1.165) is 25.9 Å². The molecule has 0 saturated carbocycles. The van der Waals surface area contributed by atoms with Crippen LogP contribution in [0.2, 0.25) is 0 Å². The smallest absolute Gasteiger partial charge is 0.387 e. The Morgan fingerprint density at radius 3 is 2.75 bits per heavy atom. The van der Waals surface area contributed by atoms with Crippen LogP contribution in [0.3, 0.4) is 0 Å². The normalized spacial score (nSPS) is 16.1. The topological polar surface area (TPSA) is 50.4 Å². The molecule has 1 heterocycles. The van der Waals surface area contributed by atoms with E-state index in [1.807, 2.05) is 0 Å². The maximum absolute atomic E-state index is 12.3. The summed E-state index contributed by atoms with van der Waals surface area (Å²) in [5.41, 5.74) is 0.472. The number of benzene rings is 1. The first-order valence-electron chi connectivity index (χ1n) is 6.68. The van der Waals surface area contributed by atoms with Crippen LogP contribution in [0, 0.1) is 0 Å². The predicted octanol–water partition coefficient (Wildman–Crippen LogP) is 1.70. The van der Waals surface area contributed by atoms with Crippen LogP contribution in [0.1, 0.15) is 18.4 Å². The molecule has 20 heavy (non-hydrogen) atoms. The highest BCUT2D eigenvalue weighted by Crippen LogP contribution is 2.20. The number of para-hydroxylation sites is 1. The zero-order valence-corrected chi connectivity index (χ0v) is 11.1. The zero-order chi connectivity index (χ0) is 14.4. The Morgan fingerprint density at radius 2 is 2.05 bits per heavy atom. The molecule has 0 spiro atoms. The average molecular weight is 284 g/mol. The fraction of sp³-hybridized carbons (Fsp3) is 0.500. The molecule has 0 unspecified atom stereocenters. The molecule has 1 amide bonds. The van der Waals surface area contributed by atoms with Crippen LogP contribution in [0.4, 0.5) is 8.78 Å². The lowest BCUT2D eigenvalue weighted by Crippen LogP contribution is -2.43. The predicted molar refractivity (Wildman–Crippen MR) is 70.8 cm³/mol. The molecular weight excluding hydrogens is 266 g/mol. The Hall–Kier alpha value is -1.69. The second-order valence-corrected chi connectivity index (χ2v) is 4.75. The molecule has 4 nitrogen and oxygen atoms in total. The molecule has 0 radical (unpaired) electrons. The fourth-order valence-corrected chi connectivity index (χ4v) is 2.28. The summed E-state index contributed by atoms with van der Waals surface area (Å²) in [6.07, 6.45) is 1.83. The summed E-state index contributed by atoms with van der Waals surface area (Å²) < 4.78 is 29.0. The van der Waals surface area contributed by atoms with Crippen molar-refractivity contribution in [1.82, 2.24) is 10.6 Å². The maximum Gasteiger partial charge on any atom is 0.387 e. The first kappa shape index (κ1) is 14.7. The third-order valence-electron chi connectivity index (χ3n) is 3.24. The first-order chi connectivity index (χ1) is 9.65. The van der Waals surface area contributed by atoms with E-state index < -0.39 is 6.61 Å². The molecule has 1 aromatic carbocycles. The van der Waals surface area contributed by atoms with Crippen LogP contribution < -0.4 is 15.4 Å². The Morgan fingerprint density at radius 1 is 1.35 bits per heavy atom. The van der Waals surface area contributed by atoms with Gasteiger partial charge in [-0.3, -0.25) is 4.79 Å². The van der Waals surface area contributed by atoms with Gasteiger partial charge in [0.1, 0.15) is 5.75 Å². The number of ether oxygens (including phenoxy) is 1. The Bertz CT molecular complexity index is 449. The molecular formula is C14H18F2N2O2. The number of halogens is 2. The highest BCUT2D eigenvalue weighted by atomic mass is 19.3. The molecule has 1 aliphatic rings. The van der Waals surface area contributed by atoms with Gasteiger partial charge >= 0.3 is 6.61 Å². The van der Waals surface area contributed by atoms with E-state index in [0.29, 0.717) is 5.56 Å². The van der Waals surface area contributed by atoms with Crippen molar-refractivity contribution in [3.63, 3.8) is 0 Å².